The van der Waals surface area contributed by atoms with Crippen LogP contribution in [-0.2, 0) is 27.0 Å². The van der Waals surface area contributed by atoms with Crippen LogP contribution in [-0.4, -0.2) is 28.5 Å². The molecule has 8 heteroatoms. The highest BCUT2D eigenvalue weighted by atomic mass is 35.5. The third kappa shape index (κ3) is 6.31. The SMILES string of the molecule is CC(=O)NC1(c2noc(CCC(=O)NCC(C)(C)c3ccc(Cl)cc3)n2)CCCCCC1. The minimum absolute atomic E-state index is 0.0715. The van der Waals surface area contributed by atoms with Gasteiger partial charge in [-0.25, -0.2) is 0 Å². The Bertz CT molecular complexity index is 916. The molecule has 1 heterocycles. The van der Waals surface area contributed by atoms with Gasteiger partial charge in [-0.2, -0.15) is 4.98 Å². The van der Waals surface area contributed by atoms with Gasteiger partial charge in [0.2, 0.25) is 17.7 Å². The second-order valence-electron chi connectivity index (χ2n) is 9.36. The van der Waals surface area contributed by atoms with Crippen molar-refractivity contribution in [3.05, 3.63) is 46.6 Å². The zero-order valence-corrected chi connectivity index (χ0v) is 19.9. The Balaban J connectivity index is 1.56. The van der Waals surface area contributed by atoms with Crippen molar-refractivity contribution in [2.75, 3.05) is 6.54 Å². The Hall–Kier alpha value is -2.41. The van der Waals surface area contributed by atoms with E-state index in [1.165, 1.54) is 6.92 Å². The molecule has 3 rings (SSSR count). The highest BCUT2D eigenvalue weighted by molar-refractivity contribution is 6.30. The van der Waals surface area contributed by atoms with Crippen molar-refractivity contribution in [1.82, 2.24) is 20.8 Å². The first kappa shape index (κ1) is 24.2. The van der Waals surface area contributed by atoms with Gasteiger partial charge < -0.3 is 15.2 Å². The van der Waals surface area contributed by atoms with Gasteiger partial charge in [-0.3, -0.25) is 9.59 Å². The van der Waals surface area contributed by atoms with Gasteiger partial charge >= 0.3 is 0 Å². The van der Waals surface area contributed by atoms with Crippen LogP contribution < -0.4 is 10.6 Å². The summed E-state index contributed by atoms with van der Waals surface area (Å²) < 4.78 is 5.44. The van der Waals surface area contributed by atoms with Crippen molar-refractivity contribution in [3.63, 3.8) is 0 Å². The van der Waals surface area contributed by atoms with Crippen LogP contribution in [0.25, 0.3) is 0 Å². The topological polar surface area (TPSA) is 97.1 Å². The number of amides is 2. The summed E-state index contributed by atoms with van der Waals surface area (Å²) in [5, 5.41) is 10.9. The zero-order valence-electron chi connectivity index (χ0n) is 19.2. The summed E-state index contributed by atoms with van der Waals surface area (Å²) in [4.78, 5) is 28.8. The number of carbonyl (C=O) groups excluding carboxylic acids is 2. The second-order valence-corrected chi connectivity index (χ2v) is 9.79. The maximum atomic E-state index is 12.4. The number of hydrogen-bond donors (Lipinski definition) is 2. The van der Waals surface area contributed by atoms with Crippen molar-refractivity contribution in [1.29, 1.82) is 0 Å². The van der Waals surface area contributed by atoms with E-state index in [1.807, 2.05) is 24.3 Å². The lowest BCUT2D eigenvalue weighted by atomic mass is 9.84. The van der Waals surface area contributed by atoms with Crippen LogP contribution in [0.5, 0.6) is 0 Å². The van der Waals surface area contributed by atoms with Crippen LogP contribution in [0.2, 0.25) is 5.02 Å². The Labute approximate surface area is 194 Å². The van der Waals surface area contributed by atoms with Crippen molar-refractivity contribution in [2.45, 2.75) is 83.1 Å². The van der Waals surface area contributed by atoms with E-state index in [0.717, 1.165) is 44.1 Å². The average Bonchev–Trinajstić information content (AvgIpc) is 3.11. The quantitative estimate of drug-likeness (QED) is 0.568. The van der Waals surface area contributed by atoms with Crippen LogP contribution in [0.3, 0.4) is 0 Å². The highest BCUT2D eigenvalue weighted by Gasteiger charge is 2.38. The molecule has 2 amide bonds. The molecule has 32 heavy (non-hydrogen) atoms. The highest BCUT2D eigenvalue weighted by Crippen LogP contribution is 2.34. The van der Waals surface area contributed by atoms with Crippen LogP contribution in [0.4, 0.5) is 0 Å². The number of nitrogens with zero attached hydrogens (tertiary/aromatic N) is 2. The Morgan fingerprint density at radius 2 is 1.78 bits per heavy atom. The molecule has 1 saturated carbocycles. The summed E-state index contributed by atoms with van der Waals surface area (Å²) in [5.41, 5.74) is 0.312. The summed E-state index contributed by atoms with van der Waals surface area (Å²) in [7, 11) is 0. The molecule has 0 unspecified atom stereocenters. The van der Waals surface area contributed by atoms with Gasteiger partial charge in [0, 0.05) is 36.7 Å². The second kappa shape index (κ2) is 10.5. The van der Waals surface area contributed by atoms with E-state index >= 15 is 0 Å². The first-order valence-electron chi connectivity index (χ1n) is 11.3. The fourth-order valence-corrected chi connectivity index (χ4v) is 4.38. The number of aromatic nitrogens is 2. The third-order valence-corrected chi connectivity index (χ3v) is 6.44. The van der Waals surface area contributed by atoms with Gasteiger partial charge in [0.15, 0.2) is 5.82 Å². The maximum Gasteiger partial charge on any atom is 0.227 e. The molecule has 0 bridgehead atoms. The summed E-state index contributed by atoms with van der Waals surface area (Å²) in [5.74, 6) is 0.772. The largest absolute Gasteiger partial charge is 0.355 e. The number of carbonyl (C=O) groups is 2. The van der Waals surface area contributed by atoms with Crippen LogP contribution in [0.15, 0.2) is 28.8 Å². The van der Waals surface area contributed by atoms with E-state index in [4.69, 9.17) is 16.1 Å². The van der Waals surface area contributed by atoms with Gasteiger partial charge in [0.25, 0.3) is 0 Å². The van der Waals surface area contributed by atoms with Crippen molar-refractivity contribution in [2.24, 2.45) is 0 Å². The summed E-state index contributed by atoms with van der Waals surface area (Å²) in [6.07, 6.45) is 6.50. The molecule has 1 aliphatic carbocycles. The fourth-order valence-electron chi connectivity index (χ4n) is 4.26. The van der Waals surface area contributed by atoms with Gasteiger partial charge in [0.1, 0.15) is 5.54 Å². The number of aryl methyl sites for hydroxylation is 1. The Kier molecular flexibility index (Phi) is 7.93. The molecule has 0 aliphatic heterocycles. The molecule has 1 fully saturated rings. The predicted molar refractivity (Wildman–Crippen MR) is 123 cm³/mol. The third-order valence-electron chi connectivity index (χ3n) is 6.19. The van der Waals surface area contributed by atoms with Crippen molar-refractivity contribution in [3.8, 4) is 0 Å². The summed E-state index contributed by atoms with van der Waals surface area (Å²) in [6.45, 7) is 6.18. The average molecular weight is 461 g/mol. The lowest BCUT2D eigenvalue weighted by Crippen LogP contribution is -2.45. The van der Waals surface area contributed by atoms with E-state index in [2.05, 4.69) is 34.6 Å². The van der Waals surface area contributed by atoms with Gasteiger partial charge in [-0.15, -0.1) is 0 Å². The molecule has 1 aromatic carbocycles. The standard InChI is InChI=1S/C24H33ClN4O3/c1-17(30)28-24(14-6-4-5-7-15-24)22-27-21(32-29-22)13-12-20(31)26-16-23(2,3)18-8-10-19(25)11-9-18/h8-11H,4-7,12-16H2,1-3H3,(H,26,31)(H,28,30). The molecule has 2 N–H and O–H groups in total. The lowest BCUT2D eigenvalue weighted by Gasteiger charge is -2.30. The molecule has 0 atom stereocenters. The summed E-state index contributed by atoms with van der Waals surface area (Å²) >= 11 is 5.97. The van der Waals surface area contributed by atoms with Gasteiger partial charge in [0.05, 0.1) is 0 Å². The fraction of sp³-hybridized carbons (Fsp3) is 0.583. The minimum atomic E-state index is -0.574. The van der Waals surface area contributed by atoms with E-state index in [-0.39, 0.29) is 23.7 Å². The minimum Gasteiger partial charge on any atom is -0.355 e. The predicted octanol–water partition coefficient (Wildman–Crippen LogP) is 4.44. The molecule has 174 valence electrons. The molecule has 0 saturated heterocycles. The number of hydrogen-bond acceptors (Lipinski definition) is 5. The maximum absolute atomic E-state index is 12.4. The molecule has 0 spiro atoms. The van der Waals surface area contributed by atoms with Crippen LogP contribution in [0, 0.1) is 0 Å². The number of benzene rings is 1. The molecule has 0 radical (unpaired) electrons. The summed E-state index contributed by atoms with van der Waals surface area (Å²) in [6, 6.07) is 7.67. The van der Waals surface area contributed by atoms with E-state index < -0.39 is 5.54 Å². The van der Waals surface area contributed by atoms with Crippen molar-refractivity contribution >= 4 is 23.4 Å². The smallest absolute Gasteiger partial charge is 0.227 e. The first-order chi connectivity index (χ1) is 15.2. The lowest BCUT2D eigenvalue weighted by molar-refractivity contribution is -0.122. The molecule has 7 nitrogen and oxygen atoms in total. The number of rotatable bonds is 8. The monoisotopic (exact) mass is 460 g/mol. The Morgan fingerprint density at radius 1 is 1.12 bits per heavy atom. The van der Waals surface area contributed by atoms with Gasteiger partial charge in [-0.05, 0) is 30.5 Å². The first-order valence-corrected chi connectivity index (χ1v) is 11.7. The van der Waals surface area contributed by atoms with E-state index in [9.17, 15) is 9.59 Å². The van der Waals surface area contributed by atoms with Crippen LogP contribution >= 0.6 is 11.6 Å². The zero-order chi connectivity index (χ0) is 23.2. The molecular weight excluding hydrogens is 428 g/mol. The molecule has 1 aliphatic rings. The molecular formula is C24H33ClN4O3. The Morgan fingerprint density at radius 3 is 2.41 bits per heavy atom. The van der Waals surface area contributed by atoms with Gasteiger partial charge in [-0.1, -0.05) is 68.4 Å². The molecule has 2 aromatic rings. The number of halogens is 1. The van der Waals surface area contributed by atoms with Crippen molar-refractivity contribution < 1.29 is 14.1 Å². The van der Waals surface area contributed by atoms with E-state index in [0.29, 0.717) is 29.7 Å². The number of nitrogens with one attached hydrogen (secondary N) is 2. The van der Waals surface area contributed by atoms with E-state index in [1.54, 1.807) is 0 Å². The normalized spacial score (nSPS) is 16.2. The van der Waals surface area contributed by atoms with Crippen LogP contribution in [0.1, 0.15) is 83.0 Å². The molecule has 1 aromatic heterocycles.